The number of carbonyl (C=O) groups excluding carboxylic acids is 1. The van der Waals surface area contributed by atoms with Gasteiger partial charge in [-0.2, -0.15) is 4.31 Å². The molecule has 0 saturated carbocycles. The van der Waals surface area contributed by atoms with E-state index in [0.29, 0.717) is 32.7 Å². The van der Waals surface area contributed by atoms with E-state index < -0.39 is 10.0 Å². The number of carbonyl (C=O) groups is 1. The summed E-state index contributed by atoms with van der Waals surface area (Å²) in [5, 5.41) is 2.82. The molecule has 0 aliphatic rings. The zero-order valence-corrected chi connectivity index (χ0v) is 15.2. The molecule has 6 nitrogen and oxygen atoms in total. The minimum atomic E-state index is -3.72. The van der Waals surface area contributed by atoms with E-state index in [9.17, 15) is 13.2 Å². The third-order valence-electron chi connectivity index (χ3n) is 3.33. The molecule has 0 bridgehead atoms. The SMILES string of the molecule is CCN(CC)S(=O)(=O)c1cc(C(=O)NCCCOC)ccc1Cl. The van der Waals surface area contributed by atoms with Gasteiger partial charge in [0.25, 0.3) is 5.91 Å². The van der Waals surface area contributed by atoms with Crippen molar-refractivity contribution in [3.05, 3.63) is 28.8 Å². The van der Waals surface area contributed by atoms with Crippen molar-refractivity contribution in [2.45, 2.75) is 25.2 Å². The summed E-state index contributed by atoms with van der Waals surface area (Å²) in [6, 6.07) is 4.26. The van der Waals surface area contributed by atoms with Crippen molar-refractivity contribution in [1.82, 2.24) is 9.62 Å². The quantitative estimate of drug-likeness (QED) is 0.683. The number of methoxy groups -OCH3 is 1. The smallest absolute Gasteiger partial charge is 0.251 e. The summed E-state index contributed by atoms with van der Waals surface area (Å²) in [5.41, 5.74) is 0.262. The first-order chi connectivity index (χ1) is 10.9. The molecule has 0 aliphatic carbocycles. The number of ether oxygens (including phenoxy) is 1. The maximum Gasteiger partial charge on any atom is 0.251 e. The highest BCUT2D eigenvalue weighted by atomic mass is 35.5. The van der Waals surface area contributed by atoms with Crippen molar-refractivity contribution in [1.29, 1.82) is 0 Å². The first kappa shape index (κ1) is 19.9. The van der Waals surface area contributed by atoms with E-state index in [-0.39, 0.29) is 21.4 Å². The number of nitrogens with zero attached hydrogens (tertiary/aromatic N) is 1. The molecule has 130 valence electrons. The molecule has 1 amide bonds. The van der Waals surface area contributed by atoms with Crippen molar-refractivity contribution >= 4 is 27.5 Å². The molecule has 0 heterocycles. The van der Waals surface area contributed by atoms with E-state index in [1.165, 1.54) is 22.5 Å². The van der Waals surface area contributed by atoms with Crippen LogP contribution in [-0.2, 0) is 14.8 Å². The van der Waals surface area contributed by atoms with Gasteiger partial charge in [-0.25, -0.2) is 8.42 Å². The van der Waals surface area contributed by atoms with Crippen LogP contribution in [0.4, 0.5) is 0 Å². The normalized spacial score (nSPS) is 11.7. The van der Waals surface area contributed by atoms with E-state index in [0.717, 1.165) is 0 Å². The number of benzene rings is 1. The van der Waals surface area contributed by atoms with Gasteiger partial charge in [-0.05, 0) is 24.6 Å². The number of hydrogen-bond acceptors (Lipinski definition) is 4. The van der Waals surface area contributed by atoms with Gasteiger partial charge in [-0.3, -0.25) is 4.79 Å². The summed E-state index contributed by atoms with van der Waals surface area (Å²) in [6.07, 6.45) is 0.681. The Morgan fingerprint density at radius 2 is 1.96 bits per heavy atom. The summed E-state index contributed by atoms with van der Waals surface area (Å²) in [6.45, 7) is 5.17. The van der Waals surface area contributed by atoms with Gasteiger partial charge in [0.1, 0.15) is 4.90 Å². The van der Waals surface area contributed by atoms with Crippen LogP contribution in [-0.4, -0.2) is 52.0 Å². The van der Waals surface area contributed by atoms with Gasteiger partial charge >= 0.3 is 0 Å². The monoisotopic (exact) mass is 362 g/mol. The Morgan fingerprint density at radius 1 is 1.30 bits per heavy atom. The lowest BCUT2D eigenvalue weighted by Gasteiger charge is -2.19. The molecule has 1 rings (SSSR count). The summed E-state index contributed by atoms with van der Waals surface area (Å²) in [4.78, 5) is 12.1. The second-order valence-corrected chi connectivity index (χ2v) is 7.15. The number of halogens is 1. The van der Waals surface area contributed by atoms with Crippen LogP contribution in [0.15, 0.2) is 23.1 Å². The van der Waals surface area contributed by atoms with Crippen LogP contribution in [0.1, 0.15) is 30.6 Å². The van der Waals surface area contributed by atoms with Gasteiger partial charge in [0, 0.05) is 38.9 Å². The van der Waals surface area contributed by atoms with Gasteiger partial charge in [0.15, 0.2) is 0 Å². The average molecular weight is 363 g/mol. The van der Waals surface area contributed by atoms with E-state index in [4.69, 9.17) is 16.3 Å². The second-order valence-electron chi connectivity index (χ2n) is 4.84. The number of rotatable bonds is 9. The van der Waals surface area contributed by atoms with Crippen molar-refractivity contribution in [3.8, 4) is 0 Å². The average Bonchev–Trinajstić information content (AvgIpc) is 2.52. The molecule has 0 saturated heterocycles. The van der Waals surface area contributed by atoms with Crippen molar-refractivity contribution < 1.29 is 17.9 Å². The minimum Gasteiger partial charge on any atom is -0.385 e. The molecule has 1 N–H and O–H groups in total. The van der Waals surface area contributed by atoms with Crippen LogP contribution in [0, 0.1) is 0 Å². The first-order valence-corrected chi connectivity index (χ1v) is 9.27. The Morgan fingerprint density at radius 3 is 2.52 bits per heavy atom. The van der Waals surface area contributed by atoms with Crippen molar-refractivity contribution in [2.75, 3.05) is 33.4 Å². The Kier molecular flexibility index (Phi) is 7.98. The van der Waals surface area contributed by atoms with Crippen LogP contribution >= 0.6 is 11.6 Å². The van der Waals surface area contributed by atoms with Gasteiger partial charge in [0.2, 0.25) is 10.0 Å². The maximum absolute atomic E-state index is 12.6. The van der Waals surface area contributed by atoms with E-state index in [1.807, 2.05) is 0 Å². The number of hydrogen-bond donors (Lipinski definition) is 1. The molecular formula is C15H23ClN2O4S. The molecule has 0 spiro atoms. The fourth-order valence-electron chi connectivity index (χ4n) is 2.07. The lowest BCUT2D eigenvalue weighted by Crippen LogP contribution is -2.31. The highest BCUT2D eigenvalue weighted by molar-refractivity contribution is 7.89. The van der Waals surface area contributed by atoms with E-state index >= 15 is 0 Å². The van der Waals surface area contributed by atoms with Gasteiger partial charge < -0.3 is 10.1 Å². The Balaban J connectivity index is 3.02. The van der Waals surface area contributed by atoms with Crippen LogP contribution in [0.25, 0.3) is 0 Å². The topological polar surface area (TPSA) is 75.7 Å². The molecule has 0 atom stereocenters. The van der Waals surface area contributed by atoms with Crippen LogP contribution < -0.4 is 5.32 Å². The summed E-state index contributed by atoms with van der Waals surface area (Å²) in [5.74, 6) is -0.339. The molecule has 0 fully saturated rings. The third kappa shape index (κ3) is 5.17. The third-order valence-corrected chi connectivity index (χ3v) is 5.86. The number of amides is 1. The highest BCUT2D eigenvalue weighted by Gasteiger charge is 2.25. The predicted octanol–water partition coefficient (Wildman–Crippen LogP) is 2.14. The lowest BCUT2D eigenvalue weighted by molar-refractivity contribution is 0.0948. The van der Waals surface area contributed by atoms with Gasteiger partial charge in [-0.1, -0.05) is 25.4 Å². The number of nitrogens with one attached hydrogen (secondary N) is 1. The van der Waals surface area contributed by atoms with Gasteiger partial charge in [-0.15, -0.1) is 0 Å². The highest BCUT2D eigenvalue weighted by Crippen LogP contribution is 2.25. The van der Waals surface area contributed by atoms with E-state index in [2.05, 4.69) is 5.32 Å². The second kappa shape index (κ2) is 9.22. The van der Waals surface area contributed by atoms with Crippen LogP contribution in [0.2, 0.25) is 5.02 Å². The predicted molar refractivity (Wildman–Crippen MR) is 90.4 cm³/mol. The molecular weight excluding hydrogens is 340 g/mol. The largest absolute Gasteiger partial charge is 0.385 e. The zero-order chi connectivity index (χ0) is 17.5. The fraction of sp³-hybridized carbons (Fsp3) is 0.533. The Bertz CT molecular complexity index is 630. The summed E-state index contributed by atoms with van der Waals surface area (Å²) < 4.78 is 31.4. The Hall–Kier alpha value is -1.15. The Labute approximate surface area is 142 Å². The molecule has 1 aromatic carbocycles. The van der Waals surface area contributed by atoms with Crippen molar-refractivity contribution in [2.24, 2.45) is 0 Å². The summed E-state index contributed by atoms with van der Waals surface area (Å²) >= 11 is 6.03. The van der Waals surface area contributed by atoms with E-state index in [1.54, 1.807) is 21.0 Å². The summed E-state index contributed by atoms with van der Waals surface area (Å²) in [7, 11) is -2.13. The molecule has 23 heavy (non-hydrogen) atoms. The van der Waals surface area contributed by atoms with Gasteiger partial charge in [0.05, 0.1) is 5.02 Å². The minimum absolute atomic E-state index is 0.0487. The molecule has 0 radical (unpaired) electrons. The number of sulfonamides is 1. The molecule has 0 unspecified atom stereocenters. The standard InChI is InChI=1S/C15H23ClN2O4S/c1-4-18(5-2)23(20,21)14-11-12(7-8-13(14)16)15(19)17-9-6-10-22-3/h7-8,11H,4-6,9-10H2,1-3H3,(H,17,19). The molecule has 0 aromatic heterocycles. The maximum atomic E-state index is 12.6. The molecule has 1 aromatic rings. The van der Waals surface area contributed by atoms with Crippen molar-refractivity contribution in [3.63, 3.8) is 0 Å². The molecule has 8 heteroatoms. The fourth-order valence-corrected chi connectivity index (χ4v) is 4.02. The zero-order valence-electron chi connectivity index (χ0n) is 13.6. The van der Waals surface area contributed by atoms with Crippen LogP contribution in [0.5, 0.6) is 0 Å². The van der Waals surface area contributed by atoms with Crippen LogP contribution in [0.3, 0.4) is 0 Å². The molecule has 0 aliphatic heterocycles. The first-order valence-electron chi connectivity index (χ1n) is 7.45. The lowest BCUT2D eigenvalue weighted by atomic mass is 10.2.